The Bertz CT molecular complexity index is 969. The van der Waals surface area contributed by atoms with E-state index in [-0.39, 0.29) is 10.6 Å². The van der Waals surface area contributed by atoms with Gasteiger partial charge in [0, 0.05) is 18.8 Å². The molecule has 6 nitrogen and oxygen atoms in total. The smallest absolute Gasteiger partial charge is 0.416 e. The molecule has 0 bridgehead atoms. The third kappa shape index (κ3) is 5.51. The van der Waals surface area contributed by atoms with Crippen LogP contribution in [0.3, 0.4) is 0 Å². The molecule has 0 aliphatic carbocycles. The molecular formula is C20H21F3N2O4S. The van der Waals surface area contributed by atoms with Crippen LogP contribution in [0.5, 0.6) is 5.75 Å². The van der Waals surface area contributed by atoms with Crippen molar-refractivity contribution < 1.29 is 31.1 Å². The summed E-state index contributed by atoms with van der Waals surface area (Å²) in [5, 5.41) is 2.55. The minimum absolute atomic E-state index is 0.126. The zero-order valence-corrected chi connectivity index (χ0v) is 16.8. The van der Waals surface area contributed by atoms with Gasteiger partial charge in [0.15, 0.2) is 6.61 Å². The first kappa shape index (κ1) is 22.1. The van der Waals surface area contributed by atoms with Crippen molar-refractivity contribution in [3.8, 4) is 5.75 Å². The van der Waals surface area contributed by atoms with E-state index >= 15 is 0 Å². The van der Waals surface area contributed by atoms with Crippen LogP contribution in [0.4, 0.5) is 18.9 Å². The number of anilines is 1. The second-order valence-corrected chi connectivity index (χ2v) is 8.79. The summed E-state index contributed by atoms with van der Waals surface area (Å²) in [5.74, 6) is -0.400. The number of alkyl halides is 3. The Hall–Kier alpha value is -2.59. The van der Waals surface area contributed by atoms with Crippen molar-refractivity contribution in [2.24, 2.45) is 0 Å². The molecule has 0 saturated carbocycles. The molecule has 2 aromatic carbocycles. The van der Waals surface area contributed by atoms with Crippen molar-refractivity contribution >= 4 is 21.6 Å². The van der Waals surface area contributed by atoms with E-state index in [2.05, 4.69) is 5.32 Å². The Morgan fingerprint density at radius 2 is 1.57 bits per heavy atom. The molecule has 162 valence electrons. The molecule has 1 heterocycles. The van der Waals surface area contributed by atoms with Crippen molar-refractivity contribution in [1.82, 2.24) is 4.31 Å². The van der Waals surface area contributed by atoms with Crippen molar-refractivity contribution in [3.63, 3.8) is 0 Å². The maximum Gasteiger partial charge on any atom is 0.416 e. The van der Waals surface area contributed by atoms with Crippen LogP contribution in [-0.2, 0) is 21.0 Å². The number of rotatable bonds is 6. The van der Waals surface area contributed by atoms with Crippen LogP contribution < -0.4 is 10.1 Å². The van der Waals surface area contributed by atoms with Gasteiger partial charge in [-0.15, -0.1) is 0 Å². The molecule has 0 atom stereocenters. The van der Waals surface area contributed by atoms with Crippen LogP contribution in [0, 0.1) is 0 Å². The first-order valence-electron chi connectivity index (χ1n) is 9.36. The average Bonchev–Trinajstić information content (AvgIpc) is 2.73. The number of nitrogens with zero attached hydrogens (tertiary/aromatic N) is 1. The highest BCUT2D eigenvalue weighted by Crippen LogP contribution is 2.30. The van der Waals surface area contributed by atoms with Crippen molar-refractivity contribution in [2.45, 2.75) is 30.3 Å². The number of piperidine rings is 1. The first-order chi connectivity index (χ1) is 14.2. The Morgan fingerprint density at radius 3 is 2.13 bits per heavy atom. The first-order valence-corrected chi connectivity index (χ1v) is 10.8. The van der Waals surface area contributed by atoms with Gasteiger partial charge < -0.3 is 10.1 Å². The van der Waals surface area contributed by atoms with Gasteiger partial charge in [-0.3, -0.25) is 4.79 Å². The molecule has 1 fully saturated rings. The summed E-state index contributed by atoms with van der Waals surface area (Å²) in [5.41, 5.74) is -0.424. The number of hydrogen-bond donors (Lipinski definition) is 1. The Labute approximate surface area is 172 Å². The summed E-state index contributed by atoms with van der Waals surface area (Å²) >= 11 is 0. The normalized spacial score (nSPS) is 15.6. The lowest BCUT2D eigenvalue weighted by Crippen LogP contribution is -2.35. The summed E-state index contributed by atoms with van der Waals surface area (Å²) in [6.07, 6.45) is -1.74. The third-order valence-corrected chi connectivity index (χ3v) is 6.56. The minimum Gasteiger partial charge on any atom is -0.484 e. The van der Waals surface area contributed by atoms with Gasteiger partial charge in [0.2, 0.25) is 10.0 Å². The van der Waals surface area contributed by atoms with Crippen molar-refractivity contribution in [3.05, 3.63) is 54.1 Å². The van der Waals surface area contributed by atoms with Crippen LogP contribution in [-0.4, -0.2) is 38.3 Å². The summed E-state index contributed by atoms with van der Waals surface area (Å²) in [4.78, 5) is 12.2. The molecule has 1 aliphatic heterocycles. The summed E-state index contributed by atoms with van der Waals surface area (Å²) < 4.78 is 69.5. The van der Waals surface area contributed by atoms with Gasteiger partial charge in [-0.2, -0.15) is 17.5 Å². The zero-order chi connectivity index (χ0) is 21.8. The number of sulfonamides is 1. The van der Waals surface area contributed by atoms with E-state index < -0.39 is 34.3 Å². The molecule has 1 aliphatic rings. The van der Waals surface area contributed by atoms with E-state index in [0.29, 0.717) is 18.8 Å². The Kier molecular flexibility index (Phi) is 6.67. The highest BCUT2D eigenvalue weighted by Gasteiger charge is 2.30. The second-order valence-electron chi connectivity index (χ2n) is 6.85. The average molecular weight is 442 g/mol. The molecule has 2 aromatic rings. The predicted octanol–water partition coefficient (Wildman–Crippen LogP) is 3.90. The van der Waals surface area contributed by atoms with Gasteiger partial charge in [-0.05, 0) is 61.4 Å². The van der Waals surface area contributed by atoms with E-state index in [4.69, 9.17) is 4.74 Å². The maximum absolute atomic E-state index is 12.6. The molecule has 1 N–H and O–H groups in total. The number of benzene rings is 2. The molecule has 10 heteroatoms. The quantitative estimate of drug-likeness (QED) is 0.736. The lowest BCUT2D eigenvalue weighted by atomic mass is 10.2. The summed E-state index contributed by atoms with van der Waals surface area (Å²) in [6.45, 7) is 0.601. The fraction of sp³-hybridized carbons (Fsp3) is 0.350. The van der Waals surface area contributed by atoms with E-state index in [1.54, 1.807) is 0 Å². The topological polar surface area (TPSA) is 75.7 Å². The highest BCUT2D eigenvalue weighted by molar-refractivity contribution is 7.89. The number of amides is 1. The van der Waals surface area contributed by atoms with E-state index in [1.807, 2.05) is 0 Å². The molecule has 0 unspecified atom stereocenters. The van der Waals surface area contributed by atoms with E-state index in [0.717, 1.165) is 43.5 Å². The molecule has 0 aromatic heterocycles. The fourth-order valence-electron chi connectivity index (χ4n) is 3.05. The van der Waals surface area contributed by atoms with Crippen LogP contribution in [0.2, 0.25) is 0 Å². The largest absolute Gasteiger partial charge is 0.484 e. The SMILES string of the molecule is O=C(COc1ccc(C(F)(F)F)cc1)Nc1ccc(S(=O)(=O)N2CCCCC2)cc1. The molecule has 1 amide bonds. The van der Waals surface area contributed by atoms with Gasteiger partial charge in [0.1, 0.15) is 5.75 Å². The van der Waals surface area contributed by atoms with Crippen LogP contribution in [0.25, 0.3) is 0 Å². The maximum atomic E-state index is 12.6. The second kappa shape index (κ2) is 9.05. The number of carbonyl (C=O) groups excluding carboxylic acids is 1. The van der Waals surface area contributed by atoms with E-state index in [1.165, 1.54) is 28.6 Å². The van der Waals surface area contributed by atoms with Gasteiger partial charge in [-0.1, -0.05) is 6.42 Å². The predicted molar refractivity (Wildman–Crippen MR) is 105 cm³/mol. The number of carbonyl (C=O) groups is 1. The molecule has 1 saturated heterocycles. The number of ether oxygens (including phenoxy) is 1. The van der Waals surface area contributed by atoms with Crippen molar-refractivity contribution in [1.29, 1.82) is 0 Å². The lowest BCUT2D eigenvalue weighted by molar-refractivity contribution is -0.137. The Morgan fingerprint density at radius 1 is 0.967 bits per heavy atom. The van der Waals surface area contributed by atoms with Gasteiger partial charge >= 0.3 is 6.18 Å². The molecule has 0 spiro atoms. The number of hydrogen-bond acceptors (Lipinski definition) is 4. The third-order valence-electron chi connectivity index (χ3n) is 4.64. The lowest BCUT2D eigenvalue weighted by Gasteiger charge is -2.25. The van der Waals surface area contributed by atoms with Crippen LogP contribution in [0.1, 0.15) is 24.8 Å². The monoisotopic (exact) mass is 442 g/mol. The molecular weight excluding hydrogens is 421 g/mol. The Balaban J connectivity index is 1.54. The standard InChI is InChI=1S/C20H21F3N2O4S/c21-20(22,23)15-4-8-17(9-5-15)29-14-19(26)24-16-6-10-18(11-7-16)30(27,28)25-12-2-1-3-13-25/h4-11H,1-3,12-14H2,(H,24,26). The van der Waals surface area contributed by atoms with Crippen LogP contribution >= 0.6 is 0 Å². The zero-order valence-electron chi connectivity index (χ0n) is 16.0. The number of nitrogens with one attached hydrogen (secondary N) is 1. The summed E-state index contributed by atoms with van der Waals surface area (Å²) in [6, 6.07) is 9.82. The number of halogens is 3. The molecule has 0 radical (unpaired) electrons. The van der Waals surface area contributed by atoms with Crippen LogP contribution in [0.15, 0.2) is 53.4 Å². The van der Waals surface area contributed by atoms with Gasteiger partial charge in [0.25, 0.3) is 5.91 Å². The molecule has 3 rings (SSSR count). The van der Waals surface area contributed by atoms with Gasteiger partial charge in [-0.25, -0.2) is 8.42 Å². The van der Waals surface area contributed by atoms with Crippen molar-refractivity contribution in [2.75, 3.05) is 25.0 Å². The highest BCUT2D eigenvalue weighted by atomic mass is 32.2. The minimum atomic E-state index is -4.44. The summed E-state index contributed by atoms with van der Waals surface area (Å²) in [7, 11) is -3.55. The molecule has 30 heavy (non-hydrogen) atoms. The van der Waals surface area contributed by atoms with Gasteiger partial charge in [0.05, 0.1) is 10.5 Å². The van der Waals surface area contributed by atoms with E-state index in [9.17, 15) is 26.4 Å². The fourth-order valence-corrected chi connectivity index (χ4v) is 4.57.